The van der Waals surface area contributed by atoms with Crippen LogP contribution in [-0.2, 0) is 16.1 Å². The largest absolute Gasteiger partial charge is 0.394 e. The zero-order chi connectivity index (χ0) is 21.2. The zero-order valence-electron chi connectivity index (χ0n) is 18.5. The molecule has 167 valence electrons. The maximum absolute atomic E-state index is 13.8. The monoisotopic (exact) mass is 409 g/mol. The number of unbranched alkanes of at least 4 members (excludes halogenated alkanes) is 11. The van der Waals surface area contributed by atoms with Gasteiger partial charge in [0.05, 0.1) is 19.8 Å². The van der Waals surface area contributed by atoms with Crippen LogP contribution in [0.25, 0.3) is 0 Å². The predicted molar refractivity (Wildman–Crippen MR) is 118 cm³/mol. The van der Waals surface area contributed by atoms with Crippen molar-refractivity contribution in [2.24, 2.45) is 0 Å². The van der Waals surface area contributed by atoms with Crippen LogP contribution in [0.15, 0.2) is 18.2 Å². The fourth-order valence-corrected chi connectivity index (χ4v) is 3.33. The van der Waals surface area contributed by atoms with Crippen LogP contribution in [0, 0.1) is 12.7 Å². The van der Waals surface area contributed by atoms with Crippen molar-refractivity contribution in [3.63, 3.8) is 0 Å². The summed E-state index contributed by atoms with van der Waals surface area (Å²) in [7, 11) is 0. The lowest BCUT2D eigenvalue weighted by Gasteiger charge is -2.16. The van der Waals surface area contributed by atoms with Crippen molar-refractivity contribution in [3.05, 3.63) is 42.1 Å². The summed E-state index contributed by atoms with van der Waals surface area (Å²) in [4.78, 5) is 0. The Labute approximate surface area is 178 Å². The highest BCUT2D eigenvalue weighted by Gasteiger charge is 2.10. The van der Waals surface area contributed by atoms with E-state index < -0.39 is 6.10 Å². The van der Waals surface area contributed by atoms with E-state index in [4.69, 9.17) is 9.47 Å². The molecule has 0 saturated carbocycles. The molecular weight excluding hydrogens is 367 g/mol. The first-order valence-electron chi connectivity index (χ1n) is 11.6. The number of aliphatic hydroxyl groups is 1. The van der Waals surface area contributed by atoms with Crippen molar-refractivity contribution in [1.82, 2.24) is 0 Å². The molecule has 0 saturated heterocycles. The molecule has 29 heavy (non-hydrogen) atoms. The molecule has 1 N–H and O–H groups in total. The predicted octanol–water partition coefficient (Wildman–Crippen LogP) is 6.60. The summed E-state index contributed by atoms with van der Waals surface area (Å²) in [6, 6.07) is 4.80. The van der Waals surface area contributed by atoms with E-state index in [-0.39, 0.29) is 19.0 Å². The van der Waals surface area contributed by atoms with E-state index in [1.807, 2.05) is 0 Å². The molecule has 0 amide bonds. The Kier molecular flexibility index (Phi) is 16.0. The summed E-state index contributed by atoms with van der Waals surface area (Å²) in [6.07, 6.45) is 15.4. The van der Waals surface area contributed by atoms with Gasteiger partial charge in [-0.1, -0.05) is 89.7 Å². The lowest BCUT2D eigenvalue weighted by Crippen LogP contribution is -2.24. The van der Waals surface area contributed by atoms with Crippen molar-refractivity contribution in [2.45, 2.75) is 96.7 Å². The quantitative estimate of drug-likeness (QED) is 0.262. The van der Waals surface area contributed by atoms with Crippen LogP contribution in [0.3, 0.4) is 0 Å². The topological polar surface area (TPSA) is 38.7 Å². The Bertz CT molecular complexity index is 507. The molecule has 0 aliphatic heterocycles. The molecular formula is C25H42FO3. The lowest BCUT2D eigenvalue weighted by atomic mass is 10.1. The van der Waals surface area contributed by atoms with E-state index in [1.54, 1.807) is 12.1 Å². The maximum atomic E-state index is 13.8. The number of halogens is 1. The van der Waals surface area contributed by atoms with Crippen molar-refractivity contribution in [2.75, 3.05) is 19.8 Å². The standard InChI is InChI=1S/C25H42FO3/c1-3-4-5-6-7-8-9-10-11-12-13-14-17-28-21-24(19-27)29-20-23-16-15-22(2)18-25(23)26/h15-16,18,24,27H,2-14,17,19-21H2,1H3/t24-/m0/s1. The third-order valence-electron chi connectivity index (χ3n) is 5.24. The Morgan fingerprint density at radius 3 is 2.07 bits per heavy atom. The van der Waals surface area contributed by atoms with Gasteiger partial charge in [0.1, 0.15) is 11.9 Å². The summed E-state index contributed by atoms with van der Waals surface area (Å²) >= 11 is 0. The summed E-state index contributed by atoms with van der Waals surface area (Å²) in [6.45, 7) is 6.97. The lowest BCUT2D eigenvalue weighted by molar-refractivity contribution is -0.0509. The van der Waals surface area contributed by atoms with Gasteiger partial charge >= 0.3 is 0 Å². The number of aliphatic hydroxyl groups excluding tert-OH is 1. The van der Waals surface area contributed by atoms with Gasteiger partial charge in [0.25, 0.3) is 0 Å². The van der Waals surface area contributed by atoms with E-state index >= 15 is 0 Å². The highest BCUT2D eigenvalue weighted by atomic mass is 19.1. The second-order valence-electron chi connectivity index (χ2n) is 8.01. The van der Waals surface area contributed by atoms with Crippen molar-refractivity contribution < 1.29 is 19.0 Å². The first-order valence-corrected chi connectivity index (χ1v) is 11.6. The molecule has 0 aromatic heterocycles. The first kappa shape index (κ1) is 26.1. The average molecular weight is 410 g/mol. The third kappa shape index (κ3) is 13.8. The van der Waals surface area contributed by atoms with Gasteiger partial charge < -0.3 is 14.6 Å². The average Bonchev–Trinajstić information content (AvgIpc) is 2.71. The number of hydrogen-bond donors (Lipinski definition) is 1. The zero-order valence-corrected chi connectivity index (χ0v) is 18.5. The molecule has 0 spiro atoms. The van der Waals surface area contributed by atoms with Gasteiger partial charge in [-0.15, -0.1) is 0 Å². The SMILES string of the molecule is [CH2]c1ccc(CO[C@@H](CO)COCCCCCCCCCCCCCC)c(F)c1. The van der Waals surface area contributed by atoms with Gasteiger partial charge in [-0.05, 0) is 25.0 Å². The second kappa shape index (κ2) is 17.9. The summed E-state index contributed by atoms with van der Waals surface area (Å²) < 4.78 is 25.0. The molecule has 1 aromatic carbocycles. The van der Waals surface area contributed by atoms with E-state index in [9.17, 15) is 9.50 Å². The first-order chi connectivity index (χ1) is 14.2. The number of rotatable bonds is 19. The normalized spacial score (nSPS) is 12.4. The van der Waals surface area contributed by atoms with Gasteiger partial charge in [0, 0.05) is 12.2 Å². The molecule has 0 unspecified atom stereocenters. The Morgan fingerprint density at radius 2 is 1.52 bits per heavy atom. The van der Waals surface area contributed by atoms with Crippen molar-refractivity contribution >= 4 is 0 Å². The van der Waals surface area contributed by atoms with Crippen LogP contribution in [-0.4, -0.2) is 31.0 Å². The Balaban J connectivity index is 1.94. The summed E-state index contributed by atoms with van der Waals surface area (Å²) in [5, 5.41) is 9.41. The smallest absolute Gasteiger partial charge is 0.128 e. The molecule has 1 radical (unpaired) electrons. The van der Waals surface area contributed by atoms with Crippen LogP contribution in [0.4, 0.5) is 4.39 Å². The van der Waals surface area contributed by atoms with E-state index in [1.165, 1.54) is 76.7 Å². The van der Waals surface area contributed by atoms with Crippen molar-refractivity contribution in [1.29, 1.82) is 0 Å². The molecule has 4 heteroatoms. The van der Waals surface area contributed by atoms with E-state index in [2.05, 4.69) is 13.8 Å². The summed E-state index contributed by atoms with van der Waals surface area (Å²) in [5.41, 5.74) is 1.10. The van der Waals surface area contributed by atoms with Crippen LogP contribution >= 0.6 is 0 Å². The fraction of sp³-hybridized carbons (Fsp3) is 0.720. The van der Waals surface area contributed by atoms with Crippen LogP contribution in [0.5, 0.6) is 0 Å². The molecule has 1 aromatic rings. The van der Waals surface area contributed by atoms with Crippen LogP contribution in [0.2, 0.25) is 0 Å². The molecule has 0 aliphatic carbocycles. The highest BCUT2D eigenvalue weighted by molar-refractivity contribution is 5.25. The fourth-order valence-electron chi connectivity index (χ4n) is 3.33. The molecule has 1 rings (SSSR count). The number of hydrogen-bond acceptors (Lipinski definition) is 3. The minimum atomic E-state index is -0.425. The number of benzene rings is 1. The van der Waals surface area contributed by atoms with Crippen molar-refractivity contribution in [3.8, 4) is 0 Å². The minimum absolute atomic E-state index is 0.124. The van der Waals surface area contributed by atoms with E-state index in [0.717, 1.165) is 6.42 Å². The van der Waals surface area contributed by atoms with Gasteiger partial charge in [0.2, 0.25) is 0 Å². The highest BCUT2D eigenvalue weighted by Crippen LogP contribution is 2.13. The van der Waals surface area contributed by atoms with Crippen LogP contribution < -0.4 is 0 Å². The summed E-state index contributed by atoms with van der Waals surface area (Å²) in [5.74, 6) is -0.327. The van der Waals surface area contributed by atoms with E-state index in [0.29, 0.717) is 24.3 Å². The number of ether oxygens (including phenoxy) is 2. The molecule has 0 fully saturated rings. The van der Waals surface area contributed by atoms with Crippen LogP contribution in [0.1, 0.15) is 95.1 Å². The molecule has 0 bridgehead atoms. The van der Waals surface area contributed by atoms with Gasteiger partial charge in [-0.25, -0.2) is 4.39 Å². The Hall–Kier alpha value is -0.970. The molecule has 1 atom stereocenters. The van der Waals surface area contributed by atoms with Gasteiger partial charge in [0.15, 0.2) is 0 Å². The Morgan fingerprint density at radius 1 is 0.931 bits per heavy atom. The second-order valence-corrected chi connectivity index (χ2v) is 8.01. The van der Waals surface area contributed by atoms with Gasteiger partial charge in [-0.3, -0.25) is 0 Å². The molecule has 0 heterocycles. The molecule has 3 nitrogen and oxygen atoms in total. The third-order valence-corrected chi connectivity index (χ3v) is 5.24. The van der Waals surface area contributed by atoms with Gasteiger partial charge in [-0.2, -0.15) is 0 Å². The molecule has 0 aliphatic rings. The maximum Gasteiger partial charge on any atom is 0.128 e. The minimum Gasteiger partial charge on any atom is -0.394 e.